The zero-order valence-corrected chi connectivity index (χ0v) is 8.69. The number of hydrogen-bond acceptors (Lipinski definition) is 3. The second-order valence-electron chi connectivity index (χ2n) is 4.14. The Kier molecular flexibility index (Phi) is 4.16. The minimum Gasteiger partial charge on any atom is -0.390 e. The minimum atomic E-state index is -0.320. The molecule has 1 aliphatic rings. The Morgan fingerprint density at radius 3 is 2.69 bits per heavy atom. The van der Waals surface area contributed by atoms with Crippen LogP contribution in [-0.4, -0.2) is 30.2 Å². The van der Waals surface area contributed by atoms with E-state index in [9.17, 15) is 5.11 Å². The molecule has 0 radical (unpaired) electrons. The fraction of sp³-hybridized carbons (Fsp3) is 1.00. The van der Waals surface area contributed by atoms with Crippen LogP contribution in [0.25, 0.3) is 0 Å². The Hall–Kier alpha value is -0.120. The van der Waals surface area contributed by atoms with Crippen molar-refractivity contribution >= 4 is 0 Å². The fourth-order valence-electron chi connectivity index (χ4n) is 1.36. The molecule has 0 saturated carbocycles. The normalized spacial score (nSPS) is 35.3. The summed E-state index contributed by atoms with van der Waals surface area (Å²) in [7, 11) is 0. The standard InChI is InChI=1S/C10H20O3/c1-7(2)6-12-10-5-4-9(11)8(3)13-10/h7-11H,4-6H2,1-3H3/t8-,9+,10+/m1/s1. The van der Waals surface area contributed by atoms with E-state index in [2.05, 4.69) is 13.8 Å². The molecule has 3 nitrogen and oxygen atoms in total. The fourth-order valence-corrected chi connectivity index (χ4v) is 1.36. The van der Waals surface area contributed by atoms with Crippen molar-refractivity contribution in [1.82, 2.24) is 0 Å². The average Bonchev–Trinajstić information content (AvgIpc) is 2.07. The molecule has 1 heterocycles. The summed E-state index contributed by atoms with van der Waals surface area (Å²) >= 11 is 0. The molecule has 3 atom stereocenters. The van der Waals surface area contributed by atoms with Crippen molar-refractivity contribution in [3.63, 3.8) is 0 Å². The lowest BCUT2D eigenvalue weighted by molar-refractivity contribution is -0.220. The summed E-state index contributed by atoms with van der Waals surface area (Å²) < 4.78 is 11.0. The summed E-state index contributed by atoms with van der Waals surface area (Å²) in [6.07, 6.45) is 1.06. The molecule has 1 fully saturated rings. The third-order valence-corrected chi connectivity index (χ3v) is 2.22. The van der Waals surface area contributed by atoms with Gasteiger partial charge in [0.05, 0.1) is 18.8 Å². The van der Waals surface area contributed by atoms with Gasteiger partial charge in [-0.3, -0.25) is 0 Å². The highest BCUT2D eigenvalue weighted by molar-refractivity contribution is 4.71. The first kappa shape index (κ1) is 11.0. The van der Waals surface area contributed by atoms with Gasteiger partial charge in [0.1, 0.15) is 0 Å². The van der Waals surface area contributed by atoms with Gasteiger partial charge in [-0.25, -0.2) is 0 Å². The van der Waals surface area contributed by atoms with Crippen molar-refractivity contribution in [2.24, 2.45) is 5.92 Å². The zero-order chi connectivity index (χ0) is 9.84. The van der Waals surface area contributed by atoms with Crippen LogP contribution in [0.5, 0.6) is 0 Å². The lowest BCUT2D eigenvalue weighted by atomic mass is 10.1. The summed E-state index contributed by atoms with van der Waals surface area (Å²) in [6.45, 7) is 6.84. The van der Waals surface area contributed by atoms with Gasteiger partial charge in [-0.1, -0.05) is 13.8 Å². The summed E-state index contributed by atoms with van der Waals surface area (Å²) in [6, 6.07) is 0. The van der Waals surface area contributed by atoms with Crippen LogP contribution in [0.3, 0.4) is 0 Å². The molecule has 1 aliphatic heterocycles. The van der Waals surface area contributed by atoms with Crippen molar-refractivity contribution in [2.75, 3.05) is 6.61 Å². The van der Waals surface area contributed by atoms with E-state index in [1.807, 2.05) is 6.92 Å². The largest absolute Gasteiger partial charge is 0.390 e. The van der Waals surface area contributed by atoms with E-state index >= 15 is 0 Å². The molecular formula is C10H20O3. The first-order chi connectivity index (χ1) is 6.09. The number of hydrogen-bond donors (Lipinski definition) is 1. The quantitative estimate of drug-likeness (QED) is 0.730. The number of rotatable bonds is 3. The third kappa shape index (κ3) is 3.63. The highest BCUT2D eigenvalue weighted by Crippen LogP contribution is 2.20. The first-order valence-electron chi connectivity index (χ1n) is 5.04. The predicted molar refractivity (Wildman–Crippen MR) is 50.4 cm³/mol. The Morgan fingerprint density at radius 1 is 1.46 bits per heavy atom. The molecular weight excluding hydrogens is 168 g/mol. The number of aliphatic hydroxyl groups is 1. The van der Waals surface area contributed by atoms with Gasteiger partial charge >= 0.3 is 0 Å². The van der Waals surface area contributed by atoms with Crippen LogP contribution < -0.4 is 0 Å². The first-order valence-corrected chi connectivity index (χ1v) is 5.04. The highest BCUT2D eigenvalue weighted by Gasteiger charge is 2.26. The maximum Gasteiger partial charge on any atom is 0.158 e. The van der Waals surface area contributed by atoms with Gasteiger partial charge in [-0.05, 0) is 19.3 Å². The van der Waals surface area contributed by atoms with Crippen molar-refractivity contribution in [3.05, 3.63) is 0 Å². The summed E-state index contributed by atoms with van der Waals surface area (Å²) in [4.78, 5) is 0. The summed E-state index contributed by atoms with van der Waals surface area (Å²) in [5, 5.41) is 9.39. The molecule has 0 aliphatic carbocycles. The van der Waals surface area contributed by atoms with E-state index in [1.54, 1.807) is 0 Å². The molecule has 3 heteroatoms. The van der Waals surface area contributed by atoms with E-state index in [0.29, 0.717) is 5.92 Å². The van der Waals surface area contributed by atoms with Gasteiger partial charge in [0.25, 0.3) is 0 Å². The van der Waals surface area contributed by atoms with Crippen LogP contribution in [0.1, 0.15) is 33.6 Å². The molecule has 0 amide bonds. The van der Waals surface area contributed by atoms with Crippen LogP contribution in [0, 0.1) is 5.92 Å². The van der Waals surface area contributed by atoms with E-state index in [-0.39, 0.29) is 18.5 Å². The van der Waals surface area contributed by atoms with Gasteiger partial charge in [0.15, 0.2) is 6.29 Å². The second-order valence-corrected chi connectivity index (χ2v) is 4.14. The molecule has 1 N–H and O–H groups in total. The second kappa shape index (κ2) is 4.94. The number of ether oxygens (including phenoxy) is 2. The average molecular weight is 188 g/mol. The molecule has 1 rings (SSSR count). The van der Waals surface area contributed by atoms with Gasteiger partial charge in [0, 0.05) is 6.42 Å². The Morgan fingerprint density at radius 2 is 2.15 bits per heavy atom. The molecule has 1 saturated heterocycles. The molecule has 0 bridgehead atoms. The van der Waals surface area contributed by atoms with Crippen molar-refractivity contribution in [1.29, 1.82) is 0 Å². The van der Waals surface area contributed by atoms with Crippen molar-refractivity contribution in [2.45, 2.75) is 52.1 Å². The Balaban J connectivity index is 2.21. The molecule has 0 unspecified atom stereocenters. The van der Waals surface area contributed by atoms with Crippen molar-refractivity contribution < 1.29 is 14.6 Å². The smallest absolute Gasteiger partial charge is 0.158 e. The van der Waals surface area contributed by atoms with Crippen LogP contribution in [-0.2, 0) is 9.47 Å². The van der Waals surface area contributed by atoms with Crippen LogP contribution >= 0.6 is 0 Å². The van der Waals surface area contributed by atoms with E-state index in [0.717, 1.165) is 19.4 Å². The van der Waals surface area contributed by atoms with Crippen LogP contribution in [0.15, 0.2) is 0 Å². The zero-order valence-electron chi connectivity index (χ0n) is 8.69. The van der Waals surface area contributed by atoms with Gasteiger partial charge in [0.2, 0.25) is 0 Å². The SMILES string of the molecule is CC(C)CO[C@@H]1CC[C@H](O)[C@@H](C)O1. The molecule has 0 aromatic heterocycles. The topological polar surface area (TPSA) is 38.7 Å². The Labute approximate surface area is 80.0 Å². The monoisotopic (exact) mass is 188 g/mol. The van der Waals surface area contributed by atoms with E-state index < -0.39 is 0 Å². The third-order valence-electron chi connectivity index (χ3n) is 2.22. The molecule has 13 heavy (non-hydrogen) atoms. The lowest BCUT2D eigenvalue weighted by Crippen LogP contribution is -2.38. The van der Waals surface area contributed by atoms with Crippen LogP contribution in [0.4, 0.5) is 0 Å². The van der Waals surface area contributed by atoms with Crippen molar-refractivity contribution in [3.8, 4) is 0 Å². The molecule has 0 aromatic carbocycles. The van der Waals surface area contributed by atoms with E-state index in [4.69, 9.17) is 9.47 Å². The predicted octanol–water partition coefficient (Wildman–Crippen LogP) is 1.54. The number of aliphatic hydroxyl groups excluding tert-OH is 1. The van der Waals surface area contributed by atoms with Gasteiger partial charge < -0.3 is 14.6 Å². The summed E-state index contributed by atoms with van der Waals surface area (Å²) in [5.74, 6) is 0.533. The van der Waals surface area contributed by atoms with Crippen LogP contribution in [0.2, 0.25) is 0 Å². The molecule has 78 valence electrons. The maximum atomic E-state index is 9.39. The highest BCUT2D eigenvalue weighted by atomic mass is 16.7. The van der Waals surface area contributed by atoms with E-state index in [1.165, 1.54) is 0 Å². The Bertz CT molecular complexity index is 147. The lowest BCUT2D eigenvalue weighted by Gasteiger charge is -2.31. The van der Waals surface area contributed by atoms with Gasteiger partial charge in [-0.15, -0.1) is 0 Å². The van der Waals surface area contributed by atoms with Gasteiger partial charge in [-0.2, -0.15) is 0 Å². The summed E-state index contributed by atoms with van der Waals surface area (Å²) in [5.41, 5.74) is 0. The minimum absolute atomic E-state index is 0.0917. The molecule has 0 spiro atoms. The molecule has 0 aromatic rings. The maximum absolute atomic E-state index is 9.39.